The monoisotopic (exact) mass is 478 g/mol. The van der Waals surface area contributed by atoms with Gasteiger partial charge in [0, 0.05) is 30.3 Å². The summed E-state index contributed by atoms with van der Waals surface area (Å²) in [4.78, 5) is 11.8. The molecule has 0 aromatic carbocycles. The van der Waals surface area contributed by atoms with Crippen LogP contribution in [0.5, 0.6) is 0 Å². The molecule has 6 aliphatic rings. The van der Waals surface area contributed by atoms with Gasteiger partial charge in [-0.05, 0) is 63.4 Å². The minimum absolute atomic E-state index is 0.0561. The number of ether oxygens (including phenoxy) is 3. The molecule has 2 heterocycles. The zero-order valence-corrected chi connectivity index (χ0v) is 20.3. The molecule has 6 rings (SSSR count). The Labute approximate surface area is 200 Å². The molecule has 10 atom stereocenters. The van der Waals surface area contributed by atoms with Gasteiger partial charge in [-0.15, -0.1) is 0 Å². The third kappa shape index (κ3) is 2.73. The Morgan fingerprint density at radius 1 is 1.09 bits per heavy atom. The SMILES string of the molecule is CC1(C)O[C@@H]2C[C@@H](O1)[C@]1(CO)[C@H]3[C@H](O)C[C@]4(C)[C@@H](C5=CC(=O)OC5)CC[C@@]4(O)[C@@H]3CC[C@]1(O)C2. The summed E-state index contributed by atoms with van der Waals surface area (Å²) in [6.07, 6.45) is 3.55. The zero-order valence-electron chi connectivity index (χ0n) is 20.3. The lowest BCUT2D eigenvalue weighted by Crippen LogP contribution is -2.77. The van der Waals surface area contributed by atoms with Crippen molar-refractivity contribution in [1.29, 1.82) is 0 Å². The Bertz CT molecular complexity index is 932. The number of hydrogen-bond acceptors (Lipinski definition) is 8. The first kappa shape index (κ1) is 23.4. The van der Waals surface area contributed by atoms with Gasteiger partial charge in [0.05, 0.1) is 41.5 Å². The van der Waals surface area contributed by atoms with E-state index in [1.165, 1.54) is 0 Å². The summed E-state index contributed by atoms with van der Waals surface area (Å²) < 4.78 is 17.6. The molecule has 0 amide bonds. The van der Waals surface area contributed by atoms with Crippen molar-refractivity contribution < 1.29 is 39.4 Å². The number of carbonyl (C=O) groups excluding carboxylic acids is 1. The quantitative estimate of drug-likeness (QED) is 0.439. The first-order valence-corrected chi connectivity index (χ1v) is 12.9. The molecule has 8 nitrogen and oxygen atoms in total. The molecule has 2 bridgehead atoms. The molecular formula is C26H38O8. The van der Waals surface area contributed by atoms with Crippen LogP contribution in [0.4, 0.5) is 0 Å². The normalized spacial score (nSPS) is 55.6. The number of cyclic esters (lactones) is 1. The van der Waals surface area contributed by atoms with E-state index in [0.29, 0.717) is 44.9 Å². The number of aliphatic hydroxyl groups excluding tert-OH is 2. The van der Waals surface area contributed by atoms with Crippen molar-refractivity contribution in [1.82, 2.24) is 0 Å². The van der Waals surface area contributed by atoms with Crippen LogP contribution in [0.25, 0.3) is 0 Å². The van der Waals surface area contributed by atoms with Crippen LogP contribution in [0, 0.1) is 28.6 Å². The van der Waals surface area contributed by atoms with Crippen molar-refractivity contribution >= 4 is 5.97 Å². The van der Waals surface area contributed by atoms with Crippen LogP contribution in [-0.2, 0) is 19.0 Å². The number of esters is 1. The van der Waals surface area contributed by atoms with Gasteiger partial charge < -0.3 is 34.6 Å². The second kappa shape index (κ2) is 7.05. The minimum atomic E-state index is -1.25. The lowest BCUT2D eigenvalue weighted by molar-refractivity contribution is -0.398. The van der Waals surface area contributed by atoms with Gasteiger partial charge in [0.15, 0.2) is 5.79 Å². The smallest absolute Gasteiger partial charge is 0.331 e. The van der Waals surface area contributed by atoms with Gasteiger partial charge >= 0.3 is 5.97 Å². The van der Waals surface area contributed by atoms with Gasteiger partial charge in [0.1, 0.15) is 6.61 Å². The average molecular weight is 479 g/mol. The van der Waals surface area contributed by atoms with Crippen molar-refractivity contribution in [2.24, 2.45) is 28.6 Å². The summed E-state index contributed by atoms with van der Waals surface area (Å²) in [5, 5.41) is 47.2. The highest BCUT2D eigenvalue weighted by molar-refractivity contribution is 5.85. The van der Waals surface area contributed by atoms with Gasteiger partial charge in [-0.3, -0.25) is 0 Å². The average Bonchev–Trinajstić information content (AvgIpc) is 3.27. The van der Waals surface area contributed by atoms with Crippen LogP contribution in [0.1, 0.15) is 65.7 Å². The Balaban J connectivity index is 1.43. The summed E-state index contributed by atoms with van der Waals surface area (Å²) >= 11 is 0. The molecule has 1 saturated heterocycles. The van der Waals surface area contributed by atoms with Gasteiger partial charge in [-0.25, -0.2) is 4.79 Å². The highest BCUT2D eigenvalue weighted by Crippen LogP contribution is 2.71. The molecule has 0 spiro atoms. The Hall–Kier alpha value is -1.03. The third-order valence-corrected chi connectivity index (χ3v) is 10.9. The van der Waals surface area contributed by atoms with Gasteiger partial charge in [0.25, 0.3) is 0 Å². The largest absolute Gasteiger partial charge is 0.458 e. The maximum Gasteiger partial charge on any atom is 0.331 e. The van der Waals surface area contributed by atoms with Crippen molar-refractivity contribution in [2.45, 2.75) is 101 Å². The first-order valence-electron chi connectivity index (χ1n) is 12.9. The van der Waals surface area contributed by atoms with Crippen molar-refractivity contribution in [3.8, 4) is 0 Å². The van der Waals surface area contributed by atoms with Crippen LogP contribution in [0.3, 0.4) is 0 Å². The summed E-state index contributed by atoms with van der Waals surface area (Å²) in [6.45, 7) is 5.66. The first-order chi connectivity index (χ1) is 15.9. The van der Waals surface area contributed by atoms with Crippen LogP contribution in [-0.4, -0.2) is 74.9 Å². The number of rotatable bonds is 2. The van der Waals surface area contributed by atoms with E-state index in [-0.39, 0.29) is 37.1 Å². The van der Waals surface area contributed by atoms with E-state index in [1.54, 1.807) is 6.08 Å². The predicted molar refractivity (Wildman–Crippen MR) is 119 cm³/mol. The number of carbonyl (C=O) groups is 1. The number of fused-ring (bicyclic) bond motifs is 8. The second-order valence-corrected chi connectivity index (χ2v) is 12.6. The molecule has 4 saturated carbocycles. The fourth-order valence-electron chi connectivity index (χ4n) is 9.65. The van der Waals surface area contributed by atoms with E-state index in [2.05, 4.69) is 0 Å². The molecule has 34 heavy (non-hydrogen) atoms. The molecule has 4 aliphatic carbocycles. The molecule has 0 unspecified atom stereocenters. The molecule has 190 valence electrons. The van der Waals surface area contributed by atoms with E-state index >= 15 is 0 Å². The minimum Gasteiger partial charge on any atom is -0.458 e. The second-order valence-electron chi connectivity index (χ2n) is 12.6. The molecule has 4 N–H and O–H groups in total. The number of hydrogen-bond donors (Lipinski definition) is 4. The van der Waals surface area contributed by atoms with Crippen LogP contribution < -0.4 is 0 Å². The van der Waals surface area contributed by atoms with E-state index in [9.17, 15) is 25.2 Å². The van der Waals surface area contributed by atoms with Crippen molar-refractivity contribution in [3.63, 3.8) is 0 Å². The van der Waals surface area contributed by atoms with E-state index in [4.69, 9.17) is 14.2 Å². The van der Waals surface area contributed by atoms with Crippen molar-refractivity contribution in [2.75, 3.05) is 13.2 Å². The number of aliphatic hydroxyl groups is 4. The highest BCUT2D eigenvalue weighted by atomic mass is 16.7. The molecule has 0 aromatic heterocycles. The zero-order chi connectivity index (χ0) is 24.3. The topological polar surface area (TPSA) is 126 Å². The van der Waals surface area contributed by atoms with E-state index in [1.807, 2.05) is 20.8 Å². The Kier molecular flexibility index (Phi) is 4.84. The summed E-state index contributed by atoms with van der Waals surface area (Å²) in [7, 11) is 0. The maximum absolute atomic E-state index is 12.4. The Morgan fingerprint density at radius 2 is 1.85 bits per heavy atom. The summed E-state index contributed by atoms with van der Waals surface area (Å²) in [5.74, 6) is -2.07. The molecule has 0 radical (unpaired) electrons. The van der Waals surface area contributed by atoms with Crippen LogP contribution >= 0.6 is 0 Å². The van der Waals surface area contributed by atoms with Crippen LogP contribution in [0.15, 0.2) is 11.6 Å². The third-order valence-electron chi connectivity index (χ3n) is 10.9. The predicted octanol–water partition coefficient (Wildman–Crippen LogP) is 1.43. The van der Waals surface area contributed by atoms with E-state index < -0.39 is 45.9 Å². The maximum atomic E-state index is 12.4. The molecule has 5 fully saturated rings. The lowest BCUT2D eigenvalue weighted by Gasteiger charge is -2.70. The molecule has 8 heteroatoms. The molecular weight excluding hydrogens is 440 g/mol. The van der Waals surface area contributed by atoms with Crippen LogP contribution in [0.2, 0.25) is 0 Å². The molecule has 2 aliphatic heterocycles. The fourth-order valence-corrected chi connectivity index (χ4v) is 9.65. The summed E-state index contributed by atoms with van der Waals surface area (Å²) in [5.41, 5.74) is -3.16. The lowest BCUT2D eigenvalue weighted by atomic mass is 9.40. The highest BCUT2D eigenvalue weighted by Gasteiger charge is 2.76. The Morgan fingerprint density at radius 3 is 2.53 bits per heavy atom. The van der Waals surface area contributed by atoms with E-state index in [0.717, 1.165) is 5.57 Å². The van der Waals surface area contributed by atoms with Crippen molar-refractivity contribution in [3.05, 3.63) is 11.6 Å². The summed E-state index contributed by atoms with van der Waals surface area (Å²) in [6, 6.07) is 0. The van der Waals surface area contributed by atoms with Gasteiger partial charge in [-0.2, -0.15) is 0 Å². The standard InChI is InChI=1S/C26H38O8/c1-22(2)33-15-9-19(34-22)25(13-27)21-17(4-6-24(25,30)10-15)26(31)7-5-16(14-8-20(29)32-12-14)23(26,3)11-18(21)28/h8,15-19,21,27-28,30-31H,4-7,9-13H2,1-3H3/t15-,16-,17-,18-,19-,21-,23-,24+,25-,26-/m1/s1. The van der Waals surface area contributed by atoms with Gasteiger partial charge in [0.2, 0.25) is 0 Å². The fraction of sp³-hybridized carbons (Fsp3) is 0.885. The molecule has 0 aromatic rings. The van der Waals surface area contributed by atoms with Gasteiger partial charge in [-0.1, -0.05) is 6.92 Å².